The van der Waals surface area contributed by atoms with Gasteiger partial charge in [0.25, 0.3) is 5.91 Å². The van der Waals surface area contributed by atoms with Crippen molar-refractivity contribution in [2.24, 2.45) is 0 Å². The Kier molecular flexibility index (Phi) is 7.80. The smallest absolute Gasteiger partial charge is 0.255 e. The fraction of sp³-hybridized carbons (Fsp3) is 0.407. The van der Waals surface area contributed by atoms with E-state index >= 15 is 0 Å². The first-order valence-electron chi connectivity index (χ1n) is 12.2. The van der Waals surface area contributed by atoms with Crippen molar-refractivity contribution < 1.29 is 22.7 Å². The van der Waals surface area contributed by atoms with Crippen molar-refractivity contribution in [2.45, 2.75) is 55.0 Å². The Bertz CT molecular complexity index is 1230. The van der Waals surface area contributed by atoms with Crippen LogP contribution in [0.5, 0.6) is 5.75 Å². The molecule has 1 unspecified atom stereocenters. The molecule has 2 aromatic carbocycles. The minimum atomic E-state index is -3.83. The van der Waals surface area contributed by atoms with Gasteiger partial charge in [0.1, 0.15) is 5.75 Å². The van der Waals surface area contributed by atoms with E-state index in [1.165, 1.54) is 31.4 Å². The van der Waals surface area contributed by atoms with E-state index in [0.29, 0.717) is 32.4 Å². The van der Waals surface area contributed by atoms with Gasteiger partial charge in [-0.2, -0.15) is 4.31 Å². The molecule has 8 nitrogen and oxygen atoms in total. The summed E-state index contributed by atoms with van der Waals surface area (Å²) in [5.41, 5.74) is 0.898. The lowest BCUT2D eigenvalue weighted by Crippen LogP contribution is -2.63. The molecule has 192 valence electrons. The minimum absolute atomic E-state index is 0.0845. The second kappa shape index (κ2) is 10.8. The average molecular weight is 512 g/mol. The maximum atomic E-state index is 13.7. The number of piperidine rings is 1. The van der Waals surface area contributed by atoms with Crippen molar-refractivity contribution in [1.29, 1.82) is 0 Å². The number of hydrogen-bond acceptors (Lipinski definition) is 5. The number of sulfonamides is 1. The van der Waals surface area contributed by atoms with Gasteiger partial charge < -0.3 is 15.4 Å². The van der Waals surface area contributed by atoms with Crippen LogP contribution in [0.25, 0.3) is 0 Å². The highest BCUT2D eigenvalue weighted by atomic mass is 32.2. The summed E-state index contributed by atoms with van der Waals surface area (Å²) in [5.74, 6) is -0.349. The number of methoxy groups -OCH3 is 1. The van der Waals surface area contributed by atoms with Crippen LogP contribution < -0.4 is 15.4 Å². The van der Waals surface area contributed by atoms with Crippen molar-refractivity contribution in [1.82, 2.24) is 14.9 Å². The zero-order valence-electron chi connectivity index (χ0n) is 20.5. The van der Waals surface area contributed by atoms with Gasteiger partial charge >= 0.3 is 0 Å². The molecule has 4 rings (SSSR count). The van der Waals surface area contributed by atoms with Crippen LogP contribution in [0.2, 0.25) is 0 Å². The molecule has 0 radical (unpaired) electrons. The third-order valence-electron chi connectivity index (χ3n) is 7.20. The number of benzene rings is 2. The lowest BCUT2D eigenvalue weighted by atomic mass is 9.70. The predicted octanol–water partition coefficient (Wildman–Crippen LogP) is 3.05. The molecule has 1 heterocycles. The summed E-state index contributed by atoms with van der Waals surface area (Å²) >= 11 is 0. The third kappa shape index (κ3) is 5.32. The molecule has 2 fully saturated rings. The number of rotatable bonds is 9. The molecule has 2 aromatic rings. The summed E-state index contributed by atoms with van der Waals surface area (Å²) in [6.07, 6.45) is 5.48. The highest BCUT2D eigenvalue weighted by Gasteiger charge is 2.51. The molecule has 1 spiro atoms. The Morgan fingerprint density at radius 1 is 1.19 bits per heavy atom. The van der Waals surface area contributed by atoms with Crippen LogP contribution in [0.4, 0.5) is 0 Å². The van der Waals surface area contributed by atoms with Gasteiger partial charge in [-0.3, -0.25) is 9.59 Å². The summed E-state index contributed by atoms with van der Waals surface area (Å²) in [5, 5.41) is 5.81. The number of hydrogen-bond donors (Lipinski definition) is 2. The Labute approximate surface area is 212 Å². The molecule has 0 bridgehead atoms. The predicted molar refractivity (Wildman–Crippen MR) is 137 cm³/mol. The first kappa shape index (κ1) is 25.9. The second-order valence-corrected chi connectivity index (χ2v) is 11.3. The normalized spacial score (nSPS) is 19.2. The average Bonchev–Trinajstić information content (AvgIpc) is 2.87. The fourth-order valence-electron chi connectivity index (χ4n) is 5.18. The molecule has 1 aliphatic carbocycles. The van der Waals surface area contributed by atoms with Crippen LogP contribution in [0.3, 0.4) is 0 Å². The van der Waals surface area contributed by atoms with Gasteiger partial charge in [0.05, 0.1) is 17.6 Å². The highest BCUT2D eigenvalue weighted by molar-refractivity contribution is 7.89. The van der Waals surface area contributed by atoms with Gasteiger partial charge in [0.15, 0.2) is 0 Å². The number of nitrogens with zero attached hydrogens (tertiary/aromatic N) is 1. The lowest BCUT2D eigenvalue weighted by molar-refractivity contribution is -0.117. The number of nitrogens with one attached hydrogen (secondary N) is 2. The van der Waals surface area contributed by atoms with E-state index in [4.69, 9.17) is 4.74 Å². The number of carbonyl (C=O) groups excluding carboxylic acids is 2. The van der Waals surface area contributed by atoms with Crippen molar-refractivity contribution in [2.75, 3.05) is 20.2 Å². The summed E-state index contributed by atoms with van der Waals surface area (Å²) in [7, 11) is -2.40. The van der Waals surface area contributed by atoms with Gasteiger partial charge in [-0.1, -0.05) is 36.9 Å². The molecular formula is C27H33N3O5S. The Morgan fingerprint density at radius 3 is 2.58 bits per heavy atom. The minimum Gasteiger partial charge on any atom is -0.496 e. The van der Waals surface area contributed by atoms with Gasteiger partial charge in [-0.15, -0.1) is 0 Å². The number of ether oxygens (including phenoxy) is 1. The first-order chi connectivity index (χ1) is 17.3. The van der Waals surface area contributed by atoms with Crippen LogP contribution in [-0.4, -0.2) is 56.3 Å². The van der Waals surface area contributed by atoms with Crippen molar-refractivity contribution in [3.8, 4) is 5.75 Å². The maximum Gasteiger partial charge on any atom is 0.255 e. The summed E-state index contributed by atoms with van der Waals surface area (Å²) in [6, 6.07) is 14.2. The standard InChI is InChI=1S/C27H33N3O5S/c1-3-25(31)29-21-13-17-30(27(19-21)14-7-15-27)36(33,34)22-10-11-23(24(18-22)35-2)26(32)28-16-12-20-8-5-4-6-9-20/h3-6,8-11,18,21H,1,7,12-17,19H2,2H3,(H,28,32)(H,29,31). The second-order valence-electron chi connectivity index (χ2n) is 9.41. The third-order valence-corrected chi connectivity index (χ3v) is 9.20. The van der Waals surface area contributed by atoms with Crippen LogP contribution >= 0.6 is 0 Å². The summed E-state index contributed by atoms with van der Waals surface area (Å²) in [6.45, 7) is 4.26. The van der Waals surface area contributed by atoms with Crippen LogP contribution in [-0.2, 0) is 21.2 Å². The van der Waals surface area contributed by atoms with Crippen LogP contribution in [0.15, 0.2) is 66.1 Å². The molecule has 1 aliphatic heterocycles. The largest absolute Gasteiger partial charge is 0.496 e. The SMILES string of the molecule is C=CC(=O)NC1CCN(S(=O)(=O)c2ccc(C(=O)NCCc3ccccc3)c(OC)c2)C2(CCC2)C1. The molecule has 36 heavy (non-hydrogen) atoms. The number of amides is 2. The zero-order valence-corrected chi connectivity index (χ0v) is 21.4. The van der Waals surface area contributed by atoms with Crippen molar-refractivity contribution >= 4 is 21.8 Å². The molecule has 1 atom stereocenters. The van der Waals surface area contributed by atoms with E-state index in [2.05, 4.69) is 17.2 Å². The molecule has 0 aromatic heterocycles. The van der Waals surface area contributed by atoms with E-state index in [1.54, 1.807) is 4.31 Å². The lowest BCUT2D eigenvalue weighted by Gasteiger charge is -2.54. The molecule has 9 heteroatoms. The maximum absolute atomic E-state index is 13.7. The molecule has 2 aliphatic rings. The van der Waals surface area contributed by atoms with E-state index < -0.39 is 15.6 Å². The summed E-state index contributed by atoms with van der Waals surface area (Å²) < 4.78 is 34.5. The summed E-state index contributed by atoms with van der Waals surface area (Å²) in [4.78, 5) is 24.7. The van der Waals surface area contributed by atoms with E-state index in [1.807, 2.05) is 30.3 Å². The number of carbonyl (C=O) groups is 2. The van der Waals surface area contributed by atoms with Crippen LogP contribution in [0.1, 0.15) is 48.0 Å². The fourth-order valence-corrected chi connectivity index (χ4v) is 7.04. The monoisotopic (exact) mass is 511 g/mol. The van der Waals surface area contributed by atoms with E-state index in [9.17, 15) is 18.0 Å². The molecule has 2 N–H and O–H groups in total. The van der Waals surface area contributed by atoms with E-state index in [-0.39, 0.29) is 34.1 Å². The topological polar surface area (TPSA) is 105 Å². The molecule has 2 amide bonds. The Hall–Kier alpha value is -3.17. The Morgan fingerprint density at radius 2 is 1.94 bits per heavy atom. The molecular weight excluding hydrogens is 478 g/mol. The van der Waals surface area contributed by atoms with Gasteiger partial charge in [-0.25, -0.2) is 8.42 Å². The quantitative estimate of drug-likeness (QED) is 0.504. The molecule has 1 saturated heterocycles. The highest BCUT2D eigenvalue weighted by Crippen LogP contribution is 2.47. The van der Waals surface area contributed by atoms with Crippen molar-refractivity contribution in [3.63, 3.8) is 0 Å². The molecule has 1 saturated carbocycles. The van der Waals surface area contributed by atoms with Gasteiger partial charge in [0.2, 0.25) is 15.9 Å². The first-order valence-corrected chi connectivity index (χ1v) is 13.7. The zero-order chi connectivity index (χ0) is 25.8. The van der Waals surface area contributed by atoms with Gasteiger partial charge in [0, 0.05) is 30.7 Å². The van der Waals surface area contributed by atoms with E-state index in [0.717, 1.165) is 24.8 Å². The Balaban J connectivity index is 1.49. The van der Waals surface area contributed by atoms with Gasteiger partial charge in [-0.05, 0) is 62.3 Å². The van der Waals surface area contributed by atoms with Crippen molar-refractivity contribution in [3.05, 3.63) is 72.3 Å². The van der Waals surface area contributed by atoms with Crippen LogP contribution in [0, 0.1) is 0 Å².